The van der Waals surface area contributed by atoms with Crippen LogP contribution in [0.1, 0.15) is 17.9 Å². The molecule has 4 nitrogen and oxygen atoms in total. The highest BCUT2D eigenvalue weighted by atomic mass is 19.1. The maximum absolute atomic E-state index is 12.7. The normalized spacial score (nSPS) is 12.5. The molecule has 0 aromatic heterocycles. The van der Waals surface area contributed by atoms with Gasteiger partial charge >= 0.3 is 11.9 Å². The molecule has 0 heterocycles. The van der Waals surface area contributed by atoms with E-state index in [9.17, 15) is 14.0 Å². The summed E-state index contributed by atoms with van der Waals surface area (Å²) < 4.78 is 12.7. The fraction of sp³-hybridized carbons (Fsp3) is 0.167. The van der Waals surface area contributed by atoms with Gasteiger partial charge in [-0.3, -0.25) is 9.59 Å². The molecule has 0 radical (unpaired) electrons. The summed E-state index contributed by atoms with van der Waals surface area (Å²) in [6.07, 6.45) is 2.30. The van der Waals surface area contributed by atoms with Crippen molar-refractivity contribution in [3.05, 3.63) is 47.8 Å². The minimum atomic E-state index is -1.11. The Kier molecular flexibility index (Phi) is 4.39. The highest BCUT2D eigenvalue weighted by Gasteiger charge is 2.16. The van der Waals surface area contributed by atoms with Gasteiger partial charge in [0, 0.05) is 0 Å². The van der Waals surface area contributed by atoms with Gasteiger partial charge in [0.05, 0.1) is 12.3 Å². The quantitative estimate of drug-likeness (QED) is 0.769. The number of hydrogen-bond donors (Lipinski definition) is 2. The van der Waals surface area contributed by atoms with Crippen LogP contribution in [0.15, 0.2) is 36.4 Å². The number of aliphatic carboxylic acids is 2. The summed E-state index contributed by atoms with van der Waals surface area (Å²) in [6, 6.07) is 5.05. The number of carbonyl (C=O) groups is 2. The Morgan fingerprint density at radius 2 is 1.82 bits per heavy atom. The summed E-state index contributed by atoms with van der Waals surface area (Å²) in [4.78, 5) is 21.3. The molecule has 1 aromatic carbocycles. The maximum atomic E-state index is 12.7. The zero-order valence-electron chi connectivity index (χ0n) is 8.84. The number of carboxylic acids is 2. The summed E-state index contributed by atoms with van der Waals surface area (Å²) in [5, 5.41) is 17.4. The Labute approximate surface area is 97.0 Å². The lowest BCUT2D eigenvalue weighted by Gasteiger charge is -2.07. The van der Waals surface area contributed by atoms with Gasteiger partial charge in [-0.25, -0.2) is 4.39 Å². The molecule has 0 bridgehead atoms. The van der Waals surface area contributed by atoms with E-state index >= 15 is 0 Å². The fourth-order valence-corrected chi connectivity index (χ4v) is 1.31. The molecule has 0 saturated carbocycles. The Balaban J connectivity index is 2.86. The van der Waals surface area contributed by atoms with E-state index in [1.165, 1.54) is 24.3 Å². The van der Waals surface area contributed by atoms with Crippen molar-refractivity contribution < 1.29 is 24.2 Å². The van der Waals surface area contributed by atoms with Crippen LogP contribution in [0.3, 0.4) is 0 Å². The first-order valence-corrected chi connectivity index (χ1v) is 4.87. The second-order valence-corrected chi connectivity index (χ2v) is 3.39. The van der Waals surface area contributed by atoms with Crippen molar-refractivity contribution >= 4 is 11.9 Å². The second kappa shape index (κ2) is 5.79. The first kappa shape index (κ1) is 12.9. The third-order valence-corrected chi connectivity index (χ3v) is 2.12. The van der Waals surface area contributed by atoms with Gasteiger partial charge in [0.2, 0.25) is 0 Å². The predicted molar refractivity (Wildman–Crippen MR) is 58.2 cm³/mol. The monoisotopic (exact) mass is 238 g/mol. The lowest BCUT2D eigenvalue weighted by molar-refractivity contribution is -0.138. The maximum Gasteiger partial charge on any atom is 0.314 e. The van der Waals surface area contributed by atoms with E-state index in [-0.39, 0.29) is 6.42 Å². The first-order valence-electron chi connectivity index (χ1n) is 4.87. The van der Waals surface area contributed by atoms with Crippen LogP contribution in [0.25, 0.3) is 0 Å². The molecule has 0 amide bonds. The van der Waals surface area contributed by atoms with Gasteiger partial charge in [-0.15, -0.1) is 0 Å². The van der Waals surface area contributed by atoms with Gasteiger partial charge in [0.1, 0.15) is 5.82 Å². The molecule has 2 N–H and O–H groups in total. The SMILES string of the molecule is O=C(O)C/C=C/C(C(=O)O)c1ccc(F)cc1. The zero-order chi connectivity index (χ0) is 12.8. The lowest BCUT2D eigenvalue weighted by Crippen LogP contribution is -2.09. The molecule has 1 unspecified atom stereocenters. The van der Waals surface area contributed by atoms with E-state index in [0.717, 1.165) is 12.1 Å². The molecule has 5 heteroatoms. The zero-order valence-corrected chi connectivity index (χ0v) is 8.84. The van der Waals surface area contributed by atoms with Crippen molar-refractivity contribution in [2.75, 3.05) is 0 Å². The largest absolute Gasteiger partial charge is 0.481 e. The molecular formula is C12H11FO4. The molecule has 1 rings (SSSR count). The molecule has 0 aliphatic carbocycles. The topological polar surface area (TPSA) is 74.6 Å². The van der Waals surface area contributed by atoms with Crippen LogP contribution >= 0.6 is 0 Å². The van der Waals surface area contributed by atoms with E-state index in [1.807, 2.05) is 0 Å². The van der Waals surface area contributed by atoms with Crippen LogP contribution in [0.2, 0.25) is 0 Å². The minimum absolute atomic E-state index is 0.245. The summed E-state index contributed by atoms with van der Waals surface area (Å²) in [5.41, 5.74) is 0.403. The van der Waals surface area contributed by atoms with Crippen molar-refractivity contribution in [3.8, 4) is 0 Å². The van der Waals surface area contributed by atoms with Gasteiger partial charge in [0.25, 0.3) is 0 Å². The van der Waals surface area contributed by atoms with E-state index < -0.39 is 23.7 Å². The van der Waals surface area contributed by atoms with Crippen LogP contribution in [0, 0.1) is 5.82 Å². The molecule has 1 aromatic rings. The van der Waals surface area contributed by atoms with Gasteiger partial charge in [-0.1, -0.05) is 24.3 Å². The van der Waals surface area contributed by atoms with Gasteiger partial charge in [-0.05, 0) is 17.7 Å². The minimum Gasteiger partial charge on any atom is -0.481 e. The summed E-state index contributed by atoms with van der Waals surface area (Å²) in [5.74, 6) is -3.56. The van der Waals surface area contributed by atoms with Crippen molar-refractivity contribution in [2.45, 2.75) is 12.3 Å². The molecule has 0 aliphatic rings. The molecule has 90 valence electrons. The molecule has 0 spiro atoms. The number of rotatable bonds is 5. The fourth-order valence-electron chi connectivity index (χ4n) is 1.31. The number of hydrogen-bond acceptors (Lipinski definition) is 2. The number of benzene rings is 1. The average molecular weight is 238 g/mol. The van der Waals surface area contributed by atoms with Gasteiger partial charge in [-0.2, -0.15) is 0 Å². The van der Waals surface area contributed by atoms with Crippen LogP contribution in [-0.2, 0) is 9.59 Å². The third-order valence-electron chi connectivity index (χ3n) is 2.12. The third kappa shape index (κ3) is 4.06. The molecule has 1 atom stereocenters. The highest BCUT2D eigenvalue weighted by molar-refractivity contribution is 5.78. The second-order valence-electron chi connectivity index (χ2n) is 3.39. The molecular weight excluding hydrogens is 227 g/mol. The summed E-state index contributed by atoms with van der Waals surface area (Å²) in [6.45, 7) is 0. The Bertz CT molecular complexity index is 436. The van der Waals surface area contributed by atoms with Crippen LogP contribution in [-0.4, -0.2) is 22.2 Å². The van der Waals surface area contributed by atoms with Crippen LogP contribution in [0.4, 0.5) is 4.39 Å². The molecule has 0 fully saturated rings. The summed E-state index contributed by atoms with van der Waals surface area (Å²) in [7, 11) is 0. The number of halogens is 1. The van der Waals surface area contributed by atoms with Gasteiger partial charge < -0.3 is 10.2 Å². The van der Waals surface area contributed by atoms with E-state index in [4.69, 9.17) is 10.2 Å². The Morgan fingerprint density at radius 3 is 2.29 bits per heavy atom. The Hall–Kier alpha value is -2.17. The predicted octanol–water partition coefficient (Wildman–Crippen LogP) is 2.02. The van der Waals surface area contributed by atoms with E-state index in [2.05, 4.69) is 0 Å². The van der Waals surface area contributed by atoms with Crippen molar-refractivity contribution in [2.24, 2.45) is 0 Å². The first-order chi connectivity index (χ1) is 8.00. The van der Waals surface area contributed by atoms with Gasteiger partial charge in [0.15, 0.2) is 0 Å². The van der Waals surface area contributed by atoms with Crippen LogP contribution < -0.4 is 0 Å². The van der Waals surface area contributed by atoms with Crippen molar-refractivity contribution in [1.82, 2.24) is 0 Å². The molecule has 0 saturated heterocycles. The smallest absolute Gasteiger partial charge is 0.314 e. The number of carboxylic acid groups (broad SMARTS) is 2. The molecule has 17 heavy (non-hydrogen) atoms. The van der Waals surface area contributed by atoms with E-state index in [1.54, 1.807) is 0 Å². The summed E-state index contributed by atoms with van der Waals surface area (Å²) >= 11 is 0. The van der Waals surface area contributed by atoms with Crippen molar-refractivity contribution in [3.63, 3.8) is 0 Å². The molecule has 0 aliphatic heterocycles. The standard InChI is InChI=1S/C12H11FO4/c13-9-6-4-8(5-7-9)10(12(16)17)2-1-3-11(14)15/h1-2,4-7,10H,3H2,(H,14,15)(H,16,17)/b2-1+. The lowest BCUT2D eigenvalue weighted by atomic mass is 9.98. The van der Waals surface area contributed by atoms with Crippen molar-refractivity contribution in [1.29, 1.82) is 0 Å². The highest BCUT2D eigenvalue weighted by Crippen LogP contribution is 2.18. The van der Waals surface area contributed by atoms with Crippen LogP contribution in [0.5, 0.6) is 0 Å². The Morgan fingerprint density at radius 1 is 1.24 bits per heavy atom. The van der Waals surface area contributed by atoms with E-state index in [0.29, 0.717) is 5.56 Å². The average Bonchev–Trinajstić information content (AvgIpc) is 2.25.